The number of hydrogen-bond acceptors (Lipinski definition) is 8. The van der Waals surface area contributed by atoms with E-state index in [2.05, 4.69) is 9.51 Å². The van der Waals surface area contributed by atoms with E-state index < -0.39 is 44.3 Å². The lowest BCUT2D eigenvalue weighted by molar-refractivity contribution is -0.0451. The number of aromatic hydroxyl groups is 1. The first-order chi connectivity index (χ1) is 9.67. The zero-order chi connectivity index (χ0) is 15.8. The van der Waals surface area contributed by atoms with Crippen molar-refractivity contribution in [1.29, 1.82) is 0 Å². The summed E-state index contributed by atoms with van der Waals surface area (Å²) in [4.78, 5) is 32.2. The highest BCUT2D eigenvalue weighted by molar-refractivity contribution is 7.46. The summed E-state index contributed by atoms with van der Waals surface area (Å²) < 4.78 is 21.1. The molecule has 0 unspecified atom stereocenters. The predicted molar refractivity (Wildman–Crippen MR) is 67.1 cm³/mol. The van der Waals surface area contributed by atoms with E-state index in [0.717, 1.165) is 10.8 Å². The second-order valence-corrected chi connectivity index (χ2v) is 5.66. The van der Waals surface area contributed by atoms with Crippen molar-refractivity contribution in [2.24, 2.45) is 0 Å². The summed E-state index contributed by atoms with van der Waals surface area (Å²) in [5, 5.41) is 19.2. The minimum absolute atomic E-state index is 0.0415. The SMILES string of the molecule is Nc1nc(=O)n([C@H]2C[C@H](O)[C@@H](COP(=O)(O)O)O2)cc1O. The van der Waals surface area contributed by atoms with Crippen molar-refractivity contribution in [3.63, 3.8) is 0 Å². The van der Waals surface area contributed by atoms with E-state index in [1.54, 1.807) is 0 Å². The number of nitrogens with two attached hydrogens (primary N) is 1. The maximum Gasteiger partial charge on any atom is 0.469 e. The van der Waals surface area contributed by atoms with Gasteiger partial charge in [-0.2, -0.15) is 4.98 Å². The van der Waals surface area contributed by atoms with E-state index in [4.69, 9.17) is 20.3 Å². The molecule has 11 nitrogen and oxygen atoms in total. The van der Waals surface area contributed by atoms with E-state index in [0.29, 0.717) is 0 Å². The third kappa shape index (κ3) is 3.79. The molecule has 1 aromatic heterocycles. The maximum absolute atomic E-state index is 11.7. The molecular weight excluding hydrogens is 309 g/mol. The average molecular weight is 323 g/mol. The number of anilines is 1. The molecule has 0 aliphatic carbocycles. The van der Waals surface area contributed by atoms with Crippen molar-refractivity contribution in [3.05, 3.63) is 16.7 Å². The number of rotatable bonds is 4. The molecule has 1 saturated heterocycles. The number of nitrogen functional groups attached to an aromatic ring is 1. The lowest BCUT2D eigenvalue weighted by Gasteiger charge is -2.16. The highest BCUT2D eigenvalue weighted by Crippen LogP contribution is 2.38. The van der Waals surface area contributed by atoms with E-state index in [-0.39, 0.29) is 12.2 Å². The van der Waals surface area contributed by atoms with Crippen LogP contribution in [0.25, 0.3) is 0 Å². The number of hydrogen-bond donors (Lipinski definition) is 5. The number of aromatic nitrogens is 2. The molecule has 1 aliphatic heterocycles. The van der Waals surface area contributed by atoms with Gasteiger partial charge in [-0.25, -0.2) is 9.36 Å². The molecule has 0 radical (unpaired) electrons. The van der Waals surface area contributed by atoms with Gasteiger partial charge in [-0.3, -0.25) is 9.09 Å². The molecule has 2 heterocycles. The molecule has 0 saturated carbocycles. The number of aliphatic hydroxyl groups is 1. The summed E-state index contributed by atoms with van der Waals surface area (Å²) in [7, 11) is -4.69. The molecule has 0 bridgehead atoms. The summed E-state index contributed by atoms with van der Waals surface area (Å²) in [5.74, 6) is -0.765. The molecular formula is C9H14N3O8P. The Bertz CT molecular complexity index is 628. The van der Waals surface area contributed by atoms with Gasteiger partial charge in [-0.15, -0.1) is 0 Å². The first-order valence-corrected chi connectivity index (χ1v) is 7.31. The molecule has 21 heavy (non-hydrogen) atoms. The van der Waals surface area contributed by atoms with Gasteiger partial charge in [-0.1, -0.05) is 0 Å². The number of nitrogens with zero attached hydrogens (tertiary/aromatic N) is 2. The monoisotopic (exact) mass is 323 g/mol. The second kappa shape index (κ2) is 5.72. The molecule has 1 aliphatic rings. The number of phosphoric ester groups is 1. The summed E-state index contributed by atoms with van der Waals surface area (Å²) in [5.41, 5.74) is 4.47. The van der Waals surface area contributed by atoms with Crippen LogP contribution in [-0.4, -0.2) is 48.4 Å². The molecule has 0 amide bonds. The van der Waals surface area contributed by atoms with Gasteiger partial charge in [0.25, 0.3) is 0 Å². The lowest BCUT2D eigenvalue weighted by Crippen LogP contribution is -2.28. The summed E-state index contributed by atoms with van der Waals surface area (Å²) in [6.45, 7) is -0.551. The Morgan fingerprint density at radius 3 is 2.86 bits per heavy atom. The van der Waals surface area contributed by atoms with Gasteiger partial charge in [0, 0.05) is 6.42 Å². The summed E-state index contributed by atoms with van der Waals surface area (Å²) >= 11 is 0. The fourth-order valence-corrected chi connectivity index (χ4v) is 2.23. The van der Waals surface area contributed by atoms with Crippen LogP contribution >= 0.6 is 7.82 Å². The van der Waals surface area contributed by atoms with Crippen LogP contribution in [0.4, 0.5) is 5.82 Å². The third-order valence-electron chi connectivity index (χ3n) is 2.88. The first kappa shape index (κ1) is 15.9. The van der Waals surface area contributed by atoms with Crippen LogP contribution in [0.5, 0.6) is 5.75 Å². The van der Waals surface area contributed by atoms with Crippen molar-refractivity contribution in [3.8, 4) is 5.75 Å². The minimum Gasteiger partial charge on any atom is -0.503 e. The number of aliphatic hydroxyl groups excluding tert-OH is 1. The third-order valence-corrected chi connectivity index (χ3v) is 3.37. The Labute approximate surface area is 117 Å². The zero-order valence-electron chi connectivity index (χ0n) is 10.6. The molecule has 0 aromatic carbocycles. The van der Waals surface area contributed by atoms with Gasteiger partial charge in [0.15, 0.2) is 11.6 Å². The Morgan fingerprint density at radius 1 is 1.57 bits per heavy atom. The van der Waals surface area contributed by atoms with E-state index in [1.807, 2.05) is 0 Å². The molecule has 118 valence electrons. The standard InChI is InChI=1S/C9H14N3O8P/c10-8-5(14)2-12(9(15)11-8)7-1-4(13)6(20-7)3-19-21(16,17)18/h2,4,6-7,13-14H,1,3H2,(H2,10,11,15)(H2,16,17,18)/t4-,6+,7+/m0/s1. The molecule has 6 N–H and O–H groups in total. The minimum atomic E-state index is -4.69. The topological polar surface area (TPSA) is 177 Å². The molecule has 12 heteroatoms. The normalized spacial score (nSPS) is 26.1. The first-order valence-electron chi connectivity index (χ1n) is 5.78. The van der Waals surface area contributed by atoms with Gasteiger partial charge >= 0.3 is 13.5 Å². The van der Waals surface area contributed by atoms with Crippen LogP contribution in [-0.2, 0) is 13.8 Å². The summed E-state index contributed by atoms with van der Waals surface area (Å²) in [6.07, 6.45) is -2.13. The van der Waals surface area contributed by atoms with Crippen molar-refractivity contribution in [1.82, 2.24) is 9.55 Å². The van der Waals surface area contributed by atoms with Crippen LogP contribution in [0.15, 0.2) is 11.0 Å². The van der Waals surface area contributed by atoms with Crippen LogP contribution in [0.2, 0.25) is 0 Å². The highest BCUT2D eigenvalue weighted by Gasteiger charge is 2.37. The van der Waals surface area contributed by atoms with E-state index in [9.17, 15) is 19.6 Å². The number of ether oxygens (including phenoxy) is 1. The van der Waals surface area contributed by atoms with Crippen molar-refractivity contribution in [2.75, 3.05) is 12.3 Å². The highest BCUT2D eigenvalue weighted by atomic mass is 31.2. The van der Waals surface area contributed by atoms with Crippen LogP contribution in [0, 0.1) is 0 Å². The quantitative estimate of drug-likeness (QED) is 0.401. The molecule has 3 atom stereocenters. The van der Waals surface area contributed by atoms with Gasteiger partial charge in [-0.05, 0) is 0 Å². The largest absolute Gasteiger partial charge is 0.503 e. The van der Waals surface area contributed by atoms with Crippen LogP contribution in [0.1, 0.15) is 12.6 Å². The van der Waals surface area contributed by atoms with Gasteiger partial charge in [0.1, 0.15) is 12.3 Å². The smallest absolute Gasteiger partial charge is 0.469 e. The fourth-order valence-electron chi connectivity index (χ4n) is 1.88. The van der Waals surface area contributed by atoms with Crippen LogP contribution < -0.4 is 11.4 Å². The number of phosphoric acid groups is 1. The fraction of sp³-hybridized carbons (Fsp3) is 0.556. The second-order valence-electron chi connectivity index (χ2n) is 4.42. The molecule has 0 spiro atoms. The average Bonchev–Trinajstić information content (AvgIpc) is 2.72. The van der Waals surface area contributed by atoms with Crippen molar-refractivity contribution in [2.45, 2.75) is 24.9 Å². The Morgan fingerprint density at radius 2 is 2.24 bits per heavy atom. The van der Waals surface area contributed by atoms with E-state index >= 15 is 0 Å². The predicted octanol–water partition coefficient (Wildman–Crippen LogP) is -1.71. The van der Waals surface area contributed by atoms with Crippen molar-refractivity contribution < 1.29 is 33.8 Å². The van der Waals surface area contributed by atoms with Gasteiger partial charge in [0.05, 0.1) is 18.9 Å². The maximum atomic E-state index is 11.7. The Hall–Kier alpha value is -1.49. The van der Waals surface area contributed by atoms with Gasteiger partial charge < -0.3 is 30.5 Å². The Kier molecular flexibility index (Phi) is 4.33. The van der Waals surface area contributed by atoms with Crippen molar-refractivity contribution >= 4 is 13.6 Å². The van der Waals surface area contributed by atoms with E-state index in [1.165, 1.54) is 0 Å². The summed E-state index contributed by atoms with van der Waals surface area (Å²) in [6, 6.07) is 0. The Balaban J connectivity index is 2.12. The van der Waals surface area contributed by atoms with Crippen LogP contribution in [0.3, 0.4) is 0 Å². The molecule has 1 aromatic rings. The van der Waals surface area contributed by atoms with Gasteiger partial charge in [0.2, 0.25) is 0 Å². The molecule has 2 rings (SSSR count). The molecule has 1 fully saturated rings. The lowest BCUT2D eigenvalue weighted by atomic mass is 10.2. The zero-order valence-corrected chi connectivity index (χ0v) is 11.5.